The van der Waals surface area contributed by atoms with Crippen LogP contribution in [0.25, 0.3) is 22.3 Å². The first-order valence-corrected chi connectivity index (χ1v) is 11.6. The van der Waals surface area contributed by atoms with Crippen molar-refractivity contribution in [1.82, 2.24) is 20.3 Å². The number of benzene rings is 3. The fourth-order valence-corrected chi connectivity index (χ4v) is 4.03. The maximum atomic E-state index is 13.0. The van der Waals surface area contributed by atoms with E-state index in [1.165, 1.54) is 0 Å². The Balaban J connectivity index is 1.42. The first kappa shape index (κ1) is 23.3. The van der Waals surface area contributed by atoms with Crippen LogP contribution >= 0.6 is 0 Å². The van der Waals surface area contributed by atoms with E-state index in [9.17, 15) is 15.0 Å². The van der Waals surface area contributed by atoms with E-state index < -0.39 is 12.2 Å². The standard InChI is InChI=1S/C28H26N4O4/c1-17(33)15-31-28(35)25-21-12-13-29-22(21)10-11-24(25)36-20-9-5-8-19(14-20)27-30-16-23(32-27)26(34)18-6-3-2-4-7-18/h2-14,16-17,26,29,33-34H,15H2,1H3,(H,30,32)(H,31,35). The van der Waals surface area contributed by atoms with Gasteiger partial charge in [0.2, 0.25) is 0 Å². The number of rotatable bonds is 8. The fourth-order valence-electron chi connectivity index (χ4n) is 4.03. The summed E-state index contributed by atoms with van der Waals surface area (Å²) >= 11 is 0. The largest absolute Gasteiger partial charge is 0.456 e. The van der Waals surface area contributed by atoms with Gasteiger partial charge in [0.1, 0.15) is 23.4 Å². The van der Waals surface area contributed by atoms with Gasteiger partial charge in [0.05, 0.1) is 17.4 Å². The topological polar surface area (TPSA) is 123 Å². The molecule has 0 spiro atoms. The number of hydrogen-bond donors (Lipinski definition) is 5. The number of imidazole rings is 1. The third-order valence-electron chi connectivity index (χ3n) is 5.81. The summed E-state index contributed by atoms with van der Waals surface area (Å²) in [5.41, 5.74) is 3.22. The Hall–Kier alpha value is -4.40. The van der Waals surface area contributed by atoms with Gasteiger partial charge in [0.15, 0.2) is 0 Å². The number of aliphatic hydroxyl groups excluding tert-OH is 2. The van der Waals surface area contributed by atoms with E-state index in [0.717, 1.165) is 22.0 Å². The number of H-pyrrole nitrogens is 2. The molecule has 1 amide bonds. The average molecular weight is 483 g/mol. The minimum absolute atomic E-state index is 0.129. The second-order valence-electron chi connectivity index (χ2n) is 8.55. The third-order valence-corrected chi connectivity index (χ3v) is 5.81. The van der Waals surface area contributed by atoms with E-state index in [1.807, 2.05) is 60.7 Å². The molecule has 5 aromatic rings. The van der Waals surface area contributed by atoms with Crippen molar-refractivity contribution in [2.45, 2.75) is 19.1 Å². The van der Waals surface area contributed by atoms with Crippen LogP contribution in [0.4, 0.5) is 0 Å². The van der Waals surface area contributed by atoms with Crippen molar-refractivity contribution in [3.05, 3.63) is 102 Å². The Morgan fingerprint density at radius 2 is 1.86 bits per heavy atom. The van der Waals surface area contributed by atoms with Crippen LogP contribution in [0.1, 0.15) is 34.6 Å². The lowest BCUT2D eigenvalue weighted by Crippen LogP contribution is -2.30. The van der Waals surface area contributed by atoms with Crippen molar-refractivity contribution in [1.29, 1.82) is 0 Å². The smallest absolute Gasteiger partial charge is 0.255 e. The highest BCUT2D eigenvalue weighted by molar-refractivity contribution is 6.09. The van der Waals surface area contributed by atoms with Gasteiger partial charge in [-0.15, -0.1) is 0 Å². The molecule has 0 aliphatic rings. The van der Waals surface area contributed by atoms with Gasteiger partial charge >= 0.3 is 0 Å². The van der Waals surface area contributed by atoms with Crippen molar-refractivity contribution in [3.63, 3.8) is 0 Å². The predicted octanol–water partition coefficient (Wildman–Crippen LogP) is 4.54. The number of fused-ring (bicyclic) bond motifs is 1. The Labute approximate surface area is 207 Å². The second kappa shape index (κ2) is 10.1. The zero-order valence-electron chi connectivity index (χ0n) is 19.6. The molecule has 0 bridgehead atoms. The number of amides is 1. The summed E-state index contributed by atoms with van der Waals surface area (Å²) in [6.07, 6.45) is 1.94. The average Bonchev–Trinajstić information content (AvgIpc) is 3.58. The van der Waals surface area contributed by atoms with Gasteiger partial charge in [0, 0.05) is 35.4 Å². The molecule has 2 unspecified atom stereocenters. The summed E-state index contributed by atoms with van der Waals surface area (Å²) in [7, 11) is 0. The minimum atomic E-state index is -0.841. The number of nitrogens with zero attached hydrogens (tertiary/aromatic N) is 1. The SMILES string of the molecule is CC(O)CNC(=O)c1c(Oc2cccc(-c3nc(C(O)c4ccccc4)c[nH]3)c2)ccc2[nH]ccc12. The third kappa shape index (κ3) is 4.86. The van der Waals surface area contributed by atoms with Crippen LogP contribution in [0.2, 0.25) is 0 Å². The quantitative estimate of drug-likeness (QED) is 0.222. The predicted molar refractivity (Wildman–Crippen MR) is 137 cm³/mol. The van der Waals surface area contributed by atoms with Crippen molar-refractivity contribution in [2.24, 2.45) is 0 Å². The van der Waals surface area contributed by atoms with Gasteiger partial charge in [-0.3, -0.25) is 4.79 Å². The lowest BCUT2D eigenvalue weighted by Gasteiger charge is -2.14. The lowest BCUT2D eigenvalue weighted by atomic mass is 10.1. The van der Waals surface area contributed by atoms with Crippen LogP contribution in [0.15, 0.2) is 85.2 Å². The van der Waals surface area contributed by atoms with Crippen molar-refractivity contribution < 1.29 is 19.7 Å². The van der Waals surface area contributed by atoms with Gasteiger partial charge in [-0.05, 0) is 42.8 Å². The Bertz CT molecular complexity index is 1490. The molecule has 0 aliphatic heterocycles. The monoisotopic (exact) mass is 482 g/mol. The highest BCUT2D eigenvalue weighted by Gasteiger charge is 2.19. The van der Waals surface area contributed by atoms with Crippen molar-refractivity contribution >= 4 is 16.8 Å². The molecule has 5 N–H and O–H groups in total. The number of aromatic nitrogens is 3. The van der Waals surface area contributed by atoms with Gasteiger partial charge in [-0.1, -0.05) is 42.5 Å². The van der Waals surface area contributed by atoms with Gasteiger partial charge < -0.3 is 30.2 Å². The number of nitrogens with one attached hydrogen (secondary N) is 3. The summed E-state index contributed by atoms with van der Waals surface area (Å²) in [4.78, 5) is 23.8. The zero-order valence-corrected chi connectivity index (χ0v) is 19.6. The van der Waals surface area contributed by atoms with Crippen LogP contribution < -0.4 is 10.1 Å². The molecule has 0 saturated heterocycles. The number of carbonyl (C=O) groups excluding carboxylic acids is 1. The van der Waals surface area contributed by atoms with E-state index in [2.05, 4.69) is 20.3 Å². The highest BCUT2D eigenvalue weighted by atomic mass is 16.5. The summed E-state index contributed by atoms with van der Waals surface area (Å²) < 4.78 is 6.17. The first-order chi connectivity index (χ1) is 17.5. The molecule has 0 aliphatic carbocycles. The van der Waals surface area contributed by atoms with E-state index >= 15 is 0 Å². The molecule has 0 fully saturated rings. The number of ether oxygens (including phenoxy) is 1. The zero-order chi connectivity index (χ0) is 25.1. The van der Waals surface area contributed by atoms with Crippen LogP contribution in [-0.2, 0) is 0 Å². The summed E-state index contributed by atoms with van der Waals surface area (Å²) in [5, 5.41) is 23.7. The van der Waals surface area contributed by atoms with Crippen LogP contribution in [0.5, 0.6) is 11.5 Å². The molecule has 0 radical (unpaired) electrons. The lowest BCUT2D eigenvalue weighted by molar-refractivity contribution is 0.0923. The normalized spacial score (nSPS) is 12.9. The van der Waals surface area contributed by atoms with Crippen molar-refractivity contribution in [2.75, 3.05) is 6.54 Å². The second-order valence-corrected chi connectivity index (χ2v) is 8.55. The molecule has 2 atom stereocenters. The van der Waals surface area contributed by atoms with E-state index in [-0.39, 0.29) is 12.5 Å². The molecule has 5 rings (SSSR count). The molecule has 8 heteroatoms. The van der Waals surface area contributed by atoms with Gasteiger partial charge in [-0.25, -0.2) is 4.98 Å². The number of hydrogen-bond acceptors (Lipinski definition) is 5. The first-order valence-electron chi connectivity index (χ1n) is 11.6. The number of aliphatic hydroxyl groups is 2. The summed E-state index contributed by atoms with van der Waals surface area (Å²) in [6, 6.07) is 22.1. The molecule has 36 heavy (non-hydrogen) atoms. The van der Waals surface area contributed by atoms with Crippen LogP contribution in [0, 0.1) is 0 Å². The maximum Gasteiger partial charge on any atom is 0.255 e. The molecule has 3 aromatic carbocycles. The van der Waals surface area contributed by atoms with Gasteiger partial charge in [-0.2, -0.15) is 0 Å². The van der Waals surface area contributed by atoms with E-state index in [4.69, 9.17) is 4.74 Å². The molecule has 0 saturated carbocycles. The maximum absolute atomic E-state index is 13.0. The molecule has 2 heterocycles. The number of carbonyl (C=O) groups is 1. The molecule has 182 valence electrons. The van der Waals surface area contributed by atoms with Gasteiger partial charge in [0.25, 0.3) is 5.91 Å². The highest BCUT2D eigenvalue weighted by Crippen LogP contribution is 2.33. The number of aromatic amines is 2. The Morgan fingerprint density at radius 1 is 1.03 bits per heavy atom. The van der Waals surface area contributed by atoms with Crippen molar-refractivity contribution in [3.8, 4) is 22.9 Å². The molecule has 2 aromatic heterocycles. The summed E-state index contributed by atoms with van der Waals surface area (Å²) in [6.45, 7) is 1.74. The van der Waals surface area contributed by atoms with E-state index in [0.29, 0.717) is 28.6 Å². The molecular formula is C28H26N4O4. The van der Waals surface area contributed by atoms with E-state index in [1.54, 1.807) is 31.5 Å². The Morgan fingerprint density at radius 3 is 2.67 bits per heavy atom. The van der Waals surface area contributed by atoms with Crippen LogP contribution in [-0.4, -0.2) is 43.7 Å². The Kier molecular flexibility index (Phi) is 6.53. The minimum Gasteiger partial charge on any atom is -0.456 e. The summed E-state index contributed by atoms with van der Waals surface area (Å²) in [5.74, 6) is 1.16. The fraction of sp³-hybridized carbons (Fsp3) is 0.143. The molecule has 8 nitrogen and oxygen atoms in total. The van der Waals surface area contributed by atoms with Crippen LogP contribution in [0.3, 0.4) is 0 Å². The molecular weight excluding hydrogens is 456 g/mol.